The van der Waals surface area contributed by atoms with Gasteiger partial charge in [-0.2, -0.15) is 0 Å². The average Bonchev–Trinajstić information content (AvgIpc) is 3.37. The van der Waals surface area contributed by atoms with Crippen molar-refractivity contribution in [3.8, 4) is 0 Å². The van der Waals surface area contributed by atoms with Gasteiger partial charge in [0.05, 0.1) is 35.9 Å². The highest BCUT2D eigenvalue weighted by Crippen LogP contribution is 2.26. The molecule has 0 aliphatic heterocycles. The van der Waals surface area contributed by atoms with Gasteiger partial charge in [-0.15, -0.1) is 0 Å². The molecule has 3 unspecified atom stereocenters. The number of hydrogen-bond donors (Lipinski definition) is 4. The summed E-state index contributed by atoms with van der Waals surface area (Å²) in [4.78, 5) is 110. The largest absolute Gasteiger partial charge is 0.481 e. The Labute approximate surface area is 454 Å². The number of aliphatic carboxylic acids is 1. The quantitative estimate of drug-likeness (QED) is 0.0321. The van der Waals surface area contributed by atoms with E-state index in [2.05, 4.69) is 17.6 Å². The highest BCUT2D eigenvalue weighted by Gasteiger charge is 2.39. The van der Waals surface area contributed by atoms with Crippen LogP contribution in [-0.4, -0.2) is 143 Å². The maximum Gasteiger partial charge on any atom is 0.308 e. The standard InChI is InChI=1S/C24H39N3O4.C17H33N3O4.C16H23NO4/c1-8-9-15-20(22(29)25-21(24(3,4)5)23(30)26(6)7)18(2)27(17-28)31-16-19-13-11-10-12-14-19;1-8-9-10-13(12(2)20(24)11-21)15(22)18-14(17(3,4)5)16(23)19(6)7;1-3-4-10-15(16(19)20)13(2)17(12-18)21-11-14-8-6-5-7-9-14/h10-14,17-18,20-21H,8-9,15-16H2,1-7H3,(H,25,29);11-14,24H,8-10H2,1-7H3,(H,18,22);5-9,12-13,15H,3-4,10-11H2,1-2H3,(H,19,20)/t18?,20-,21-;12?,13-,14-;13?,15-/m111/s1. The number of nitrogens with zero attached hydrogens (tertiary/aromatic N) is 5. The van der Waals surface area contributed by atoms with Crippen molar-refractivity contribution in [1.82, 2.24) is 35.6 Å². The van der Waals surface area contributed by atoms with E-state index in [-0.39, 0.29) is 36.8 Å². The molecule has 19 nitrogen and oxygen atoms in total. The molecule has 0 saturated heterocycles. The molecule has 0 saturated carbocycles. The summed E-state index contributed by atoms with van der Waals surface area (Å²) in [5.41, 5.74) is 0.945. The predicted octanol–water partition coefficient (Wildman–Crippen LogP) is 7.89. The molecule has 0 aromatic heterocycles. The number of carboxylic acid groups (broad SMARTS) is 1. The van der Waals surface area contributed by atoms with E-state index in [9.17, 15) is 48.7 Å². The highest BCUT2D eigenvalue weighted by molar-refractivity contribution is 5.90. The summed E-state index contributed by atoms with van der Waals surface area (Å²) >= 11 is 0. The van der Waals surface area contributed by atoms with Gasteiger partial charge in [0.1, 0.15) is 25.3 Å². The van der Waals surface area contributed by atoms with Crippen molar-refractivity contribution in [2.24, 2.45) is 28.6 Å². The Hall–Kier alpha value is -5.92. The third kappa shape index (κ3) is 25.3. The molecule has 0 bridgehead atoms. The fraction of sp³-hybridized carbons (Fsp3) is 0.649. The molecule has 430 valence electrons. The van der Waals surface area contributed by atoms with E-state index in [1.807, 2.05) is 116 Å². The lowest BCUT2D eigenvalue weighted by Crippen LogP contribution is -2.56. The van der Waals surface area contributed by atoms with Crippen LogP contribution in [0.1, 0.15) is 152 Å². The Kier molecular flexibility index (Phi) is 33.4. The maximum atomic E-state index is 13.3. The van der Waals surface area contributed by atoms with Crippen molar-refractivity contribution in [1.29, 1.82) is 0 Å². The van der Waals surface area contributed by atoms with Gasteiger partial charge in [-0.05, 0) is 62.0 Å². The first kappa shape index (κ1) is 70.1. The third-order valence-electron chi connectivity index (χ3n) is 13.0. The normalized spacial score (nSPS) is 14.3. The van der Waals surface area contributed by atoms with Crippen LogP contribution in [0.15, 0.2) is 60.7 Å². The zero-order chi connectivity index (χ0) is 58.3. The van der Waals surface area contributed by atoms with Crippen LogP contribution in [0, 0.1) is 28.6 Å². The molecular weight excluding hydrogens is 975 g/mol. The fourth-order valence-corrected chi connectivity index (χ4v) is 7.91. The summed E-state index contributed by atoms with van der Waals surface area (Å²) < 4.78 is 0. The monoisotopic (exact) mass is 1070 g/mol. The number of hydrogen-bond acceptors (Lipinski definition) is 11. The van der Waals surface area contributed by atoms with E-state index in [1.165, 1.54) is 14.9 Å². The lowest BCUT2D eigenvalue weighted by Gasteiger charge is -2.35. The summed E-state index contributed by atoms with van der Waals surface area (Å²) in [6.45, 7) is 23.1. The van der Waals surface area contributed by atoms with Crippen molar-refractivity contribution in [3.63, 3.8) is 0 Å². The molecule has 4 N–H and O–H groups in total. The van der Waals surface area contributed by atoms with Gasteiger partial charge in [0.15, 0.2) is 0 Å². The average molecular weight is 1070 g/mol. The number of benzene rings is 2. The van der Waals surface area contributed by atoms with Crippen LogP contribution >= 0.6 is 0 Å². The number of nitrogens with one attached hydrogen (secondary N) is 2. The van der Waals surface area contributed by atoms with Crippen LogP contribution in [0.2, 0.25) is 0 Å². The van der Waals surface area contributed by atoms with E-state index in [4.69, 9.17) is 9.68 Å². The number of carbonyl (C=O) groups is 8. The molecule has 0 spiro atoms. The summed E-state index contributed by atoms with van der Waals surface area (Å²) in [5.74, 6) is -3.51. The lowest BCUT2D eigenvalue weighted by atomic mass is 9.84. The molecule has 19 heteroatoms. The molecule has 76 heavy (non-hydrogen) atoms. The second-order valence-electron chi connectivity index (χ2n) is 21.8. The number of unbranched alkanes of at least 4 members (excludes halogenated alkanes) is 3. The Morgan fingerprint density at radius 2 is 0.855 bits per heavy atom. The first-order valence-corrected chi connectivity index (χ1v) is 26.6. The van der Waals surface area contributed by atoms with E-state index in [1.54, 1.807) is 49.0 Å². The third-order valence-corrected chi connectivity index (χ3v) is 13.0. The first-order valence-electron chi connectivity index (χ1n) is 26.6. The SMILES string of the molecule is CCCC[C@@H](C(=O)N[C@H](C(=O)N(C)C)C(C)(C)C)C(C)N(C=O)OCc1ccccc1.CCCC[C@@H](C(=O)N[C@H](C(=O)N(C)C)C(C)(C)C)C(C)N(O)C=O.CCCC[C@@H](C(=O)O)C(C)N(C=O)OCc1ccccc1. The minimum Gasteiger partial charge on any atom is -0.481 e. The number of amides is 7. The van der Waals surface area contributed by atoms with Crippen molar-refractivity contribution in [2.75, 3.05) is 28.2 Å². The van der Waals surface area contributed by atoms with Crippen LogP contribution in [0.4, 0.5) is 0 Å². The number of likely N-dealkylation sites (N-methyl/N-ethyl adjacent to an activating group) is 2. The van der Waals surface area contributed by atoms with E-state index in [0.717, 1.165) is 54.7 Å². The number of carboxylic acids is 1. The van der Waals surface area contributed by atoms with Gasteiger partial charge in [0.25, 0.3) is 0 Å². The van der Waals surface area contributed by atoms with E-state index >= 15 is 0 Å². The van der Waals surface area contributed by atoms with Crippen LogP contribution in [0.25, 0.3) is 0 Å². The molecule has 2 aromatic rings. The van der Waals surface area contributed by atoms with Crippen LogP contribution in [0.3, 0.4) is 0 Å². The molecule has 2 rings (SSSR count). The molecule has 7 amide bonds. The van der Waals surface area contributed by atoms with Gasteiger partial charge in [-0.3, -0.25) is 53.2 Å². The van der Waals surface area contributed by atoms with Gasteiger partial charge in [0, 0.05) is 28.2 Å². The number of hydroxylamine groups is 6. The molecule has 2 aromatic carbocycles. The van der Waals surface area contributed by atoms with Gasteiger partial charge in [-0.1, -0.05) is 162 Å². The first-order chi connectivity index (χ1) is 35.6. The summed E-state index contributed by atoms with van der Waals surface area (Å²) in [6.07, 6.45) is 8.28. The Morgan fingerprint density at radius 1 is 0.539 bits per heavy atom. The number of carbonyl (C=O) groups excluding carboxylic acids is 7. The minimum absolute atomic E-state index is 0.157. The van der Waals surface area contributed by atoms with Gasteiger partial charge < -0.3 is 25.5 Å². The molecule has 0 radical (unpaired) electrons. The van der Waals surface area contributed by atoms with Crippen LogP contribution < -0.4 is 10.6 Å². The molecular formula is C57H95N7O12. The molecule has 8 atom stereocenters. The topological polar surface area (TPSA) is 236 Å². The van der Waals surface area contributed by atoms with Crippen LogP contribution in [0.5, 0.6) is 0 Å². The maximum absolute atomic E-state index is 13.3. The highest BCUT2D eigenvalue weighted by atomic mass is 16.7. The minimum atomic E-state index is -0.897. The second kappa shape index (κ2) is 36.2. The van der Waals surface area contributed by atoms with Crippen molar-refractivity contribution in [2.45, 2.75) is 184 Å². The van der Waals surface area contributed by atoms with E-state index in [0.29, 0.717) is 43.6 Å². The van der Waals surface area contributed by atoms with Crippen molar-refractivity contribution >= 4 is 48.8 Å². The molecule has 0 aliphatic carbocycles. The zero-order valence-electron chi connectivity index (χ0n) is 48.6. The fourth-order valence-electron chi connectivity index (χ4n) is 7.91. The summed E-state index contributed by atoms with van der Waals surface area (Å²) in [6, 6.07) is 16.0. The van der Waals surface area contributed by atoms with E-state index < -0.39 is 64.8 Å². The van der Waals surface area contributed by atoms with Crippen LogP contribution in [-0.2, 0) is 61.2 Å². The Bertz CT molecular complexity index is 2010. The molecule has 0 aliphatic rings. The Balaban J connectivity index is 0.00000113. The van der Waals surface area contributed by atoms with Crippen molar-refractivity contribution < 1.29 is 58.3 Å². The zero-order valence-corrected chi connectivity index (χ0v) is 48.6. The molecule has 0 fully saturated rings. The Morgan fingerprint density at radius 3 is 1.13 bits per heavy atom. The van der Waals surface area contributed by atoms with Gasteiger partial charge in [0.2, 0.25) is 42.9 Å². The predicted molar refractivity (Wildman–Crippen MR) is 293 cm³/mol. The smallest absolute Gasteiger partial charge is 0.308 e. The van der Waals surface area contributed by atoms with Gasteiger partial charge in [-0.25, -0.2) is 15.2 Å². The molecule has 0 heterocycles. The van der Waals surface area contributed by atoms with Crippen molar-refractivity contribution in [3.05, 3.63) is 71.8 Å². The lowest BCUT2D eigenvalue weighted by molar-refractivity contribution is -0.199. The summed E-state index contributed by atoms with van der Waals surface area (Å²) in [7, 11) is 6.64. The second-order valence-corrected chi connectivity index (χ2v) is 21.8. The van der Waals surface area contributed by atoms with Gasteiger partial charge >= 0.3 is 5.97 Å². The number of rotatable bonds is 31. The summed E-state index contributed by atoms with van der Waals surface area (Å²) in [5, 5.41) is 27.6.